The Morgan fingerprint density at radius 3 is 2.45 bits per heavy atom. The minimum absolute atomic E-state index is 0.195. The van der Waals surface area contributed by atoms with E-state index in [4.69, 9.17) is 0 Å². The molecular weight excluding hydrogens is 252 g/mol. The summed E-state index contributed by atoms with van der Waals surface area (Å²) in [5.41, 5.74) is 2.08. The van der Waals surface area contributed by atoms with Gasteiger partial charge in [-0.25, -0.2) is 0 Å². The molecule has 1 N–H and O–H groups in total. The molecule has 104 valence electrons. The summed E-state index contributed by atoms with van der Waals surface area (Å²) in [5, 5.41) is 10.9. The normalized spacial score (nSPS) is 10.6. The van der Waals surface area contributed by atoms with E-state index < -0.39 is 0 Å². The second-order valence-electron chi connectivity index (χ2n) is 4.73. The predicted molar refractivity (Wildman–Crippen MR) is 78.4 cm³/mol. The number of amides is 1. The number of nitrogens with one attached hydrogen (secondary N) is 1. The molecule has 0 aliphatic rings. The predicted octanol–water partition coefficient (Wildman–Crippen LogP) is 1.44. The molecule has 1 aromatic heterocycles. The van der Waals surface area contributed by atoms with Crippen molar-refractivity contribution in [2.24, 2.45) is 0 Å². The highest BCUT2D eigenvalue weighted by molar-refractivity contribution is 5.92. The van der Waals surface area contributed by atoms with E-state index in [0.717, 1.165) is 17.8 Å². The summed E-state index contributed by atoms with van der Waals surface area (Å²) < 4.78 is 0. The number of rotatable bonds is 5. The van der Waals surface area contributed by atoms with Crippen molar-refractivity contribution in [3.05, 3.63) is 48.2 Å². The third kappa shape index (κ3) is 3.86. The zero-order chi connectivity index (χ0) is 14.4. The summed E-state index contributed by atoms with van der Waals surface area (Å²) in [6.07, 6.45) is 0. The Balaban J connectivity index is 1.99. The lowest BCUT2D eigenvalue weighted by molar-refractivity contribution is 0.0945. The summed E-state index contributed by atoms with van der Waals surface area (Å²) in [7, 11) is 3.92. The maximum absolute atomic E-state index is 11.8. The van der Waals surface area contributed by atoms with Crippen LogP contribution in [0.4, 0.5) is 0 Å². The lowest BCUT2D eigenvalue weighted by Crippen LogP contribution is -2.31. The Labute approximate surface area is 118 Å². The molecule has 0 saturated heterocycles. The molecule has 0 bridgehead atoms. The van der Waals surface area contributed by atoms with Crippen molar-refractivity contribution in [2.45, 2.75) is 0 Å². The fraction of sp³-hybridized carbons (Fsp3) is 0.267. The molecule has 0 aliphatic heterocycles. The van der Waals surface area contributed by atoms with Crippen molar-refractivity contribution < 1.29 is 4.79 Å². The van der Waals surface area contributed by atoms with Gasteiger partial charge in [0, 0.05) is 18.7 Å². The number of carbonyl (C=O) groups is 1. The molecule has 0 fully saturated rings. The first kappa shape index (κ1) is 14.1. The molecule has 5 heteroatoms. The van der Waals surface area contributed by atoms with Crippen LogP contribution in [0.1, 0.15) is 10.5 Å². The van der Waals surface area contributed by atoms with E-state index in [1.54, 1.807) is 6.07 Å². The zero-order valence-electron chi connectivity index (χ0n) is 11.7. The molecule has 0 saturated carbocycles. The molecular formula is C15H18N4O. The van der Waals surface area contributed by atoms with E-state index in [-0.39, 0.29) is 5.91 Å². The summed E-state index contributed by atoms with van der Waals surface area (Å²) in [6, 6.07) is 13.3. The second-order valence-corrected chi connectivity index (χ2v) is 4.73. The summed E-state index contributed by atoms with van der Waals surface area (Å²) in [4.78, 5) is 13.8. The molecule has 1 aromatic carbocycles. The molecule has 20 heavy (non-hydrogen) atoms. The van der Waals surface area contributed by atoms with Gasteiger partial charge in [0.15, 0.2) is 5.69 Å². The molecule has 0 aliphatic carbocycles. The number of benzene rings is 1. The molecule has 0 unspecified atom stereocenters. The largest absolute Gasteiger partial charge is 0.349 e. The van der Waals surface area contributed by atoms with Crippen LogP contribution in [0.3, 0.4) is 0 Å². The van der Waals surface area contributed by atoms with E-state index in [9.17, 15) is 4.79 Å². The number of likely N-dealkylation sites (N-methyl/N-ethyl adjacent to an activating group) is 1. The fourth-order valence-corrected chi connectivity index (χ4v) is 1.70. The van der Waals surface area contributed by atoms with Gasteiger partial charge in [-0.2, -0.15) is 0 Å². The van der Waals surface area contributed by atoms with E-state index in [1.165, 1.54) is 0 Å². The van der Waals surface area contributed by atoms with Crippen LogP contribution in [0, 0.1) is 0 Å². The Kier molecular flexibility index (Phi) is 4.79. The zero-order valence-corrected chi connectivity index (χ0v) is 11.7. The average molecular weight is 270 g/mol. The van der Waals surface area contributed by atoms with Crippen molar-refractivity contribution >= 4 is 5.91 Å². The van der Waals surface area contributed by atoms with Crippen LogP contribution in [-0.2, 0) is 0 Å². The van der Waals surface area contributed by atoms with E-state index in [1.807, 2.05) is 55.4 Å². The van der Waals surface area contributed by atoms with Crippen molar-refractivity contribution in [3.63, 3.8) is 0 Å². The molecule has 0 spiro atoms. The van der Waals surface area contributed by atoms with Gasteiger partial charge in [-0.05, 0) is 26.2 Å². The Morgan fingerprint density at radius 2 is 1.85 bits per heavy atom. The van der Waals surface area contributed by atoms with Gasteiger partial charge in [0.05, 0.1) is 5.69 Å². The molecule has 0 atom stereocenters. The first-order valence-corrected chi connectivity index (χ1v) is 6.49. The fourth-order valence-electron chi connectivity index (χ4n) is 1.70. The lowest BCUT2D eigenvalue weighted by Gasteiger charge is -2.09. The van der Waals surface area contributed by atoms with Crippen molar-refractivity contribution in [1.82, 2.24) is 20.4 Å². The second kappa shape index (κ2) is 6.77. The van der Waals surface area contributed by atoms with Crippen LogP contribution in [0.15, 0.2) is 42.5 Å². The lowest BCUT2D eigenvalue weighted by atomic mass is 10.1. The number of carbonyl (C=O) groups excluding carboxylic acids is 1. The molecule has 5 nitrogen and oxygen atoms in total. The first-order valence-electron chi connectivity index (χ1n) is 6.49. The first-order chi connectivity index (χ1) is 9.66. The van der Waals surface area contributed by atoms with Crippen LogP contribution in [-0.4, -0.2) is 48.2 Å². The smallest absolute Gasteiger partial charge is 0.271 e. The molecule has 1 amide bonds. The van der Waals surface area contributed by atoms with E-state index in [0.29, 0.717) is 12.2 Å². The quantitative estimate of drug-likeness (QED) is 0.893. The van der Waals surface area contributed by atoms with Crippen LogP contribution in [0.25, 0.3) is 11.3 Å². The monoisotopic (exact) mass is 270 g/mol. The SMILES string of the molecule is CN(C)CCNC(=O)c1ccc(-c2ccccc2)nn1. The number of hydrogen-bond acceptors (Lipinski definition) is 4. The highest BCUT2D eigenvalue weighted by atomic mass is 16.1. The number of aromatic nitrogens is 2. The van der Waals surface area contributed by atoms with Crippen molar-refractivity contribution in [2.75, 3.05) is 27.2 Å². The Hall–Kier alpha value is -2.27. The van der Waals surface area contributed by atoms with Crippen LogP contribution >= 0.6 is 0 Å². The average Bonchev–Trinajstić information content (AvgIpc) is 2.48. The van der Waals surface area contributed by atoms with E-state index >= 15 is 0 Å². The van der Waals surface area contributed by atoms with Gasteiger partial charge in [0.2, 0.25) is 0 Å². The Bertz CT molecular complexity index is 552. The van der Waals surface area contributed by atoms with Gasteiger partial charge in [-0.15, -0.1) is 10.2 Å². The maximum atomic E-state index is 11.8. The van der Waals surface area contributed by atoms with Crippen molar-refractivity contribution in [3.8, 4) is 11.3 Å². The molecule has 0 radical (unpaired) electrons. The molecule has 2 rings (SSSR count). The Morgan fingerprint density at radius 1 is 1.10 bits per heavy atom. The van der Waals surface area contributed by atoms with Gasteiger partial charge >= 0.3 is 0 Å². The van der Waals surface area contributed by atoms with Crippen LogP contribution < -0.4 is 5.32 Å². The van der Waals surface area contributed by atoms with Gasteiger partial charge in [-0.1, -0.05) is 30.3 Å². The van der Waals surface area contributed by atoms with Crippen molar-refractivity contribution in [1.29, 1.82) is 0 Å². The third-order valence-electron chi connectivity index (χ3n) is 2.81. The maximum Gasteiger partial charge on any atom is 0.271 e. The van der Waals surface area contributed by atoms with Crippen LogP contribution in [0.2, 0.25) is 0 Å². The highest BCUT2D eigenvalue weighted by Gasteiger charge is 2.08. The highest BCUT2D eigenvalue weighted by Crippen LogP contribution is 2.14. The van der Waals surface area contributed by atoms with Gasteiger partial charge in [0.1, 0.15) is 0 Å². The van der Waals surface area contributed by atoms with Crippen LogP contribution in [0.5, 0.6) is 0 Å². The topological polar surface area (TPSA) is 58.1 Å². The third-order valence-corrected chi connectivity index (χ3v) is 2.81. The summed E-state index contributed by atoms with van der Waals surface area (Å²) >= 11 is 0. The summed E-state index contributed by atoms with van der Waals surface area (Å²) in [6.45, 7) is 1.38. The summed E-state index contributed by atoms with van der Waals surface area (Å²) in [5.74, 6) is -0.195. The molecule has 2 aromatic rings. The number of nitrogens with zero attached hydrogens (tertiary/aromatic N) is 3. The standard InChI is InChI=1S/C15H18N4O/c1-19(2)11-10-16-15(20)14-9-8-13(17-18-14)12-6-4-3-5-7-12/h3-9H,10-11H2,1-2H3,(H,16,20). The molecule has 1 heterocycles. The van der Waals surface area contributed by atoms with Gasteiger partial charge in [0.25, 0.3) is 5.91 Å². The van der Waals surface area contributed by atoms with Gasteiger partial charge < -0.3 is 10.2 Å². The van der Waals surface area contributed by atoms with E-state index in [2.05, 4.69) is 15.5 Å². The minimum atomic E-state index is -0.195. The minimum Gasteiger partial charge on any atom is -0.349 e. The number of hydrogen-bond donors (Lipinski definition) is 1. The van der Waals surface area contributed by atoms with Gasteiger partial charge in [-0.3, -0.25) is 4.79 Å².